The average Bonchev–Trinajstić information content (AvgIpc) is 2.16. The highest BCUT2D eigenvalue weighted by Gasteiger charge is 1.86. The van der Waals surface area contributed by atoms with E-state index >= 15 is 0 Å². The fourth-order valence-corrected chi connectivity index (χ4v) is 0.805. The number of hydrogen-bond donors (Lipinski definition) is 0. The molecule has 0 aromatic carbocycles. The van der Waals surface area contributed by atoms with E-state index in [1.54, 1.807) is 12.3 Å². The third-order valence-electron chi connectivity index (χ3n) is 1.27. The van der Waals surface area contributed by atoms with E-state index in [1.165, 1.54) is 6.08 Å². The van der Waals surface area contributed by atoms with Gasteiger partial charge >= 0.3 is 6.15 Å². The van der Waals surface area contributed by atoms with Gasteiger partial charge in [0.25, 0.3) is 0 Å². The van der Waals surface area contributed by atoms with Crippen molar-refractivity contribution in [3.05, 3.63) is 35.7 Å². The zero-order chi connectivity index (χ0) is 10.8. The molecule has 0 saturated carbocycles. The number of aryl methyl sites for hydroxylation is 1. The van der Waals surface area contributed by atoms with Crippen molar-refractivity contribution in [1.82, 2.24) is 4.98 Å². The highest BCUT2D eigenvalue weighted by Crippen LogP contribution is 2.01. The van der Waals surface area contributed by atoms with Crippen LogP contribution in [0.25, 0.3) is 6.08 Å². The molecular weight excluding hydrogens is 180 g/mol. The first-order valence-electron chi connectivity index (χ1n) is 3.72. The lowest BCUT2D eigenvalue weighted by Crippen LogP contribution is -1.79. The molecule has 1 heterocycles. The molecule has 0 aliphatic carbocycles. The quantitative estimate of drug-likeness (QED) is 0.623. The molecule has 0 aliphatic rings. The van der Waals surface area contributed by atoms with Crippen LogP contribution < -0.4 is 0 Å². The number of carbonyl (C=O) groups excluding carboxylic acids is 2. The molecule has 0 N–H and O–H groups in total. The summed E-state index contributed by atoms with van der Waals surface area (Å²) in [5.41, 5.74) is 1.98. The Morgan fingerprint density at radius 1 is 1.50 bits per heavy atom. The summed E-state index contributed by atoms with van der Waals surface area (Å²) >= 11 is 0. The number of hydrogen-bond acceptors (Lipinski definition) is 4. The molecule has 14 heavy (non-hydrogen) atoms. The average molecular weight is 188 g/mol. The molecule has 0 radical (unpaired) electrons. The molecule has 1 rings (SSSR count). The van der Waals surface area contributed by atoms with Crippen LogP contribution in [0.5, 0.6) is 0 Å². The van der Waals surface area contributed by atoms with Gasteiger partial charge in [0.1, 0.15) is 0 Å². The van der Waals surface area contributed by atoms with Crippen molar-refractivity contribution >= 4 is 12.2 Å². The smallest absolute Gasteiger partial charge is 0.262 e. The largest absolute Gasteiger partial charge is 0.373 e. The van der Waals surface area contributed by atoms with Crippen LogP contribution in [0.3, 0.4) is 0 Å². The first-order chi connectivity index (χ1) is 6.74. The summed E-state index contributed by atoms with van der Waals surface area (Å²) in [5, 5.41) is 8.24. The van der Waals surface area contributed by atoms with Gasteiger partial charge in [0.2, 0.25) is 0 Å². The standard InChI is InChI=1S/C9H8N2.CO2/c1-8-7-9(3-2-5-10)4-6-11-8;2-1-3/h2-4,6-7H,1H3;/b3-2-;. The Morgan fingerprint density at radius 3 is 2.64 bits per heavy atom. The molecule has 0 bridgehead atoms. The lowest BCUT2D eigenvalue weighted by atomic mass is 10.2. The SMILES string of the molecule is Cc1cc(/C=C\C#N)ccn1.O=C=O. The van der Waals surface area contributed by atoms with Gasteiger partial charge in [0, 0.05) is 18.0 Å². The van der Waals surface area contributed by atoms with Crippen LogP contribution in [0.1, 0.15) is 11.3 Å². The Kier molecular flexibility index (Phi) is 6.23. The van der Waals surface area contributed by atoms with Crippen LogP contribution in [0.2, 0.25) is 0 Å². The third-order valence-corrected chi connectivity index (χ3v) is 1.27. The van der Waals surface area contributed by atoms with Gasteiger partial charge in [-0.25, -0.2) is 0 Å². The van der Waals surface area contributed by atoms with Crippen molar-refractivity contribution in [2.75, 3.05) is 0 Å². The van der Waals surface area contributed by atoms with Crippen molar-refractivity contribution in [3.8, 4) is 6.07 Å². The Labute approximate surface area is 81.5 Å². The molecule has 0 fully saturated rings. The topological polar surface area (TPSA) is 70.8 Å². The van der Waals surface area contributed by atoms with Gasteiger partial charge in [0.05, 0.1) is 6.07 Å². The summed E-state index contributed by atoms with van der Waals surface area (Å²) in [6.07, 6.45) is 5.19. The summed E-state index contributed by atoms with van der Waals surface area (Å²) in [5.74, 6) is 0. The van der Waals surface area contributed by atoms with Crippen molar-refractivity contribution in [1.29, 1.82) is 5.26 Å². The summed E-state index contributed by atoms with van der Waals surface area (Å²) in [4.78, 5) is 20.3. The molecule has 1 aromatic heterocycles. The number of aromatic nitrogens is 1. The highest BCUT2D eigenvalue weighted by atomic mass is 16.2. The number of rotatable bonds is 1. The lowest BCUT2D eigenvalue weighted by Gasteiger charge is -1.92. The molecule has 4 nitrogen and oxygen atoms in total. The fourth-order valence-electron chi connectivity index (χ4n) is 0.805. The molecule has 4 heteroatoms. The van der Waals surface area contributed by atoms with Gasteiger partial charge in [-0.2, -0.15) is 14.9 Å². The highest BCUT2D eigenvalue weighted by molar-refractivity contribution is 5.51. The molecular formula is C10H8N2O2. The van der Waals surface area contributed by atoms with Crippen LogP contribution >= 0.6 is 0 Å². The zero-order valence-corrected chi connectivity index (χ0v) is 7.60. The maximum Gasteiger partial charge on any atom is 0.373 e. The van der Waals surface area contributed by atoms with E-state index in [-0.39, 0.29) is 6.15 Å². The molecule has 0 amide bonds. The van der Waals surface area contributed by atoms with Crippen LogP contribution in [0.15, 0.2) is 24.4 Å². The minimum absolute atomic E-state index is 0.250. The van der Waals surface area contributed by atoms with Crippen molar-refractivity contribution in [2.24, 2.45) is 0 Å². The van der Waals surface area contributed by atoms with Crippen LogP contribution in [0, 0.1) is 18.3 Å². The third kappa shape index (κ3) is 5.42. The Hall–Kier alpha value is -2.24. The van der Waals surface area contributed by atoms with Gasteiger partial charge < -0.3 is 0 Å². The van der Waals surface area contributed by atoms with Crippen molar-refractivity contribution < 1.29 is 9.59 Å². The predicted octanol–water partition coefficient (Wildman–Crippen LogP) is 1.34. The number of allylic oxidation sites excluding steroid dienone is 1. The predicted molar refractivity (Wildman–Crippen MR) is 48.6 cm³/mol. The van der Waals surface area contributed by atoms with E-state index in [0.29, 0.717) is 0 Å². The van der Waals surface area contributed by atoms with E-state index in [9.17, 15) is 0 Å². The van der Waals surface area contributed by atoms with Gasteiger partial charge in [-0.3, -0.25) is 4.98 Å². The second kappa shape index (κ2) is 7.41. The number of nitrogens with zero attached hydrogens (tertiary/aromatic N) is 2. The normalized spacial score (nSPS) is 8.29. The first-order valence-corrected chi connectivity index (χ1v) is 3.72. The molecule has 70 valence electrons. The molecule has 0 aliphatic heterocycles. The summed E-state index contributed by atoms with van der Waals surface area (Å²) in [6, 6.07) is 5.72. The second-order valence-corrected chi connectivity index (χ2v) is 2.28. The van der Waals surface area contributed by atoms with E-state index in [0.717, 1.165) is 11.3 Å². The van der Waals surface area contributed by atoms with E-state index in [4.69, 9.17) is 14.9 Å². The van der Waals surface area contributed by atoms with Crippen LogP contribution in [0.4, 0.5) is 0 Å². The maximum absolute atomic E-state index is 8.24. The zero-order valence-electron chi connectivity index (χ0n) is 7.60. The molecule has 0 saturated heterocycles. The van der Waals surface area contributed by atoms with Gasteiger partial charge in [0.15, 0.2) is 0 Å². The minimum Gasteiger partial charge on any atom is -0.262 e. The second-order valence-electron chi connectivity index (χ2n) is 2.28. The summed E-state index contributed by atoms with van der Waals surface area (Å²) in [6.45, 7) is 1.92. The van der Waals surface area contributed by atoms with Gasteiger partial charge in [-0.05, 0) is 30.7 Å². The van der Waals surface area contributed by atoms with E-state index in [1.807, 2.05) is 25.1 Å². The monoisotopic (exact) mass is 188 g/mol. The van der Waals surface area contributed by atoms with Crippen LogP contribution in [-0.4, -0.2) is 11.1 Å². The number of pyridine rings is 1. The van der Waals surface area contributed by atoms with E-state index in [2.05, 4.69) is 4.98 Å². The van der Waals surface area contributed by atoms with E-state index < -0.39 is 0 Å². The summed E-state index contributed by atoms with van der Waals surface area (Å²) in [7, 11) is 0. The Bertz CT molecular complexity index is 385. The van der Waals surface area contributed by atoms with Gasteiger partial charge in [-0.15, -0.1) is 0 Å². The maximum atomic E-state index is 8.24. The first kappa shape index (κ1) is 11.8. The molecule has 1 aromatic rings. The van der Waals surface area contributed by atoms with Crippen molar-refractivity contribution in [3.63, 3.8) is 0 Å². The Balaban J connectivity index is 0.000000500. The van der Waals surface area contributed by atoms with Crippen molar-refractivity contribution in [2.45, 2.75) is 6.92 Å². The molecule has 0 unspecified atom stereocenters. The van der Waals surface area contributed by atoms with Gasteiger partial charge in [-0.1, -0.05) is 0 Å². The molecule has 0 atom stereocenters. The minimum atomic E-state index is 0.250. The fraction of sp³-hybridized carbons (Fsp3) is 0.100. The van der Waals surface area contributed by atoms with Crippen LogP contribution in [-0.2, 0) is 9.59 Å². The number of nitriles is 1. The molecule has 0 spiro atoms. The Morgan fingerprint density at radius 2 is 2.14 bits per heavy atom. The summed E-state index contributed by atoms with van der Waals surface area (Å²) < 4.78 is 0. The lowest BCUT2D eigenvalue weighted by molar-refractivity contribution is -0.191.